The van der Waals surface area contributed by atoms with E-state index in [9.17, 15) is 4.79 Å². The topological polar surface area (TPSA) is 26.3 Å². The quantitative estimate of drug-likeness (QED) is 0.548. The van der Waals surface area contributed by atoms with Crippen LogP contribution < -0.4 is 0 Å². The van der Waals surface area contributed by atoms with E-state index in [1.807, 2.05) is 6.92 Å². The SMILES string of the molecule is CCCC(OC)C(C)C=O. The normalized spacial score (nSPS) is 16.3. The first-order valence-corrected chi connectivity index (χ1v) is 3.74. The number of carbonyl (C=O) groups excluding carboxylic acids is 1. The summed E-state index contributed by atoms with van der Waals surface area (Å²) < 4.78 is 5.11. The second-order valence-electron chi connectivity index (χ2n) is 2.56. The van der Waals surface area contributed by atoms with Crippen molar-refractivity contribution in [2.75, 3.05) is 7.11 Å². The van der Waals surface area contributed by atoms with Crippen LogP contribution in [-0.4, -0.2) is 19.5 Å². The molecule has 0 aromatic carbocycles. The second kappa shape index (κ2) is 5.42. The summed E-state index contributed by atoms with van der Waals surface area (Å²) in [7, 11) is 1.65. The van der Waals surface area contributed by atoms with Gasteiger partial charge in [-0.1, -0.05) is 20.3 Å². The molecule has 2 atom stereocenters. The van der Waals surface area contributed by atoms with Gasteiger partial charge in [0.2, 0.25) is 0 Å². The molecule has 2 heteroatoms. The molecule has 10 heavy (non-hydrogen) atoms. The molecule has 0 aliphatic rings. The van der Waals surface area contributed by atoms with E-state index in [1.165, 1.54) is 0 Å². The van der Waals surface area contributed by atoms with Gasteiger partial charge >= 0.3 is 0 Å². The van der Waals surface area contributed by atoms with Crippen LogP contribution in [0.3, 0.4) is 0 Å². The van der Waals surface area contributed by atoms with E-state index >= 15 is 0 Å². The van der Waals surface area contributed by atoms with Gasteiger partial charge in [0.25, 0.3) is 0 Å². The summed E-state index contributed by atoms with van der Waals surface area (Å²) in [6.07, 6.45) is 3.10. The van der Waals surface area contributed by atoms with Crippen molar-refractivity contribution >= 4 is 6.29 Å². The van der Waals surface area contributed by atoms with E-state index < -0.39 is 0 Å². The number of carbonyl (C=O) groups is 1. The Bertz CT molecular complexity index is 91.3. The molecular formula is C8H16O2. The van der Waals surface area contributed by atoms with Crippen LogP contribution in [0.15, 0.2) is 0 Å². The number of ether oxygens (including phenoxy) is 1. The molecule has 2 nitrogen and oxygen atoms in total. The Kier molecular flexibility index (Phi) is 5.22. The van der Waals surface area contributed by atoms with Crippen LogP contribution in [0.2, 0.25) is 0 Å². The zero-order valence-electron chi connectivity index (χ0n) is 6.96. The van der Waals surface area contributed by atoms with Crippen molar-refractivity contribution in [2.24, 2.45) is 5.92 Å². The largest absolute Gasteiger partial charge is 0.381 e. The second-order valence-corrected chi connectivity index (χ2v) is 2.56. The fraction of sp³-hybridized carbons (Fsp3) is 0.875. The number of aldehydes is 1. The van der Waals surface area contributed by atoms with Crippen LogP contribution in [0.1, 0.15) is 26.7 Å². The number of rotatable bonds is 5. The van der Waals surface area contributed by atoms with Gasteiger partial charge in [0.15, 0.2) is 0 Å². The molecular weight excluding hydrogens is 128 g/mol. The molecule has 0 amide bonds. The van der Waals surface area contributed by atoms with E-state index in [4.69, 9.17) is 4.74 Å². The maximum atomic E-state index is 10.3. The Labute approximate surface area is 62.6 Å². The minimum Gasteiger partial charge on any atom is -0.381 e. The predicted octanol–water partition coefficient (Wildman–Crippen LogP) is 1.64. The number of methoxy groups -OCH3 is 1. The third-order valence-electron chi connectivity index (χ3n) is 1.68. The van der Waals surface area contributed by atoms with Gasteiger partial charge in [0.1, 0.15) is 6.29 Å². The average Bonchev–Trinajstić information content (AvgIpc) is 1.99. The molecule has 0 bridgehead atoms. The highest BCUT2D eigenvalue weighted by atomic mass is 16.5. The first-order chi connectivity index (χ1) is 4.76. The van der Waals surface area contributed by atoms with Crippen molar-refractivity contribution in [3.8, 4) is 0 Å². The Hall–Kier alpha value is -0.370. The fourth-order valence-electron chi connectivity index (χ4n) is 0.968. The van der Waals surface area contributed by atoms with E-state index in [-0.39, 0.29) is 12.0 Å². The van der Waals surface area contributed by atoms with E-state index in [1.54, 1.807) is 7.11 Å². The van der Waals surface area contributed by atoms with Gasteiger partial charge in [-0.15, -0.1) is 0 Å². The van der Waals surface area contributed by atoms with Crippen LogP contribution in [0.5, 0.6) is 0 Å². The summed E-state index contributed by atoms with van der Waals surface area (Å²) >= 11 is 0. The first kappa shape index (κ1) is 9.63. The lowest BCUT2D eigenvalue weighted by atomic mass is 10.0. The molecule has 0 saturated heterocycles. The molecule has 0 aliphatic heterocycles. The van der Waals surface area contributed by atoms with Gasteiger partial charge < -0.3 is 9.53 Å². The highest BCUT2D eigenvalue weighted by Crippen LogP contribution is 2.09. The Morgan fingerprint density at radius 2 is 2.20 bits per heavy atom. The molecule has 2 unspecified atom stereocenters. The number of hydrogen-bond donors (Lipinski definition) is 0. The highest BCUT2D eigenvalue weighted by Gasteiger charge is 2.13. The Morgan fingerprint density at radius 3 is 2.50 bits per heavy atom. The van der Waals surface area contributed by atoms with E-state index in [0.29, 0.717) is 0 Å². The molecule has 0 N–H and O–H groups in total. The molecule has 60 valence electrons. The molecule has 0 aliphatic carbocycles. The molecule has 0 heterocycles. The summed E-state index contributed by atoms with van der Waals surface area (Å²) in [4.78, 5) is 10.3. The van der Waals surface area contributed by atoms with Gasteiger partial charge in [-0.3, -0.25) is 0 Å². The third kappa shape index (κ3) is 2.97. The average molecular weight is 144 g/mol. The number of hydrogen-bond acceptors (Lipinski definition) is 2. The molecule has 0 spiro atoms. The fourth-order valence-corrected chi connectivity index (χ4v) is 0.968. The minimum absolute atomic E-state index is 0.0324. The van der Waals surface area contributed by atoms with Crippen LogP contribution in [0, 0.1) is 5.92 Å². The van der Waals surface area contributed by atoms with E-state index in [0.717, 1.165) is 19.1 Å². The van der Waals surface area contributed by atoms with Crippen molar-refractivity contribution in [1.82, 2.24) is 0 Å². The van der Waals surface area contributed by atoms with Gasteiger partial charge in [0.05, 0.1) is 6.10 Å². The first-order valence-electron chi connectivity index (χ1n) is 3.74. The Morgan fingerprint density at radius 1 is 1.60 bits per heavy atom. The lowest BCUT2D eigenvalue weighted by molar-refractivity contribution is -0.114. The molecule has 0 radical (unpaired) electrons. The van der Waals surface area contributed by atoms with Crippen LogP contribution in [0.4, 0.5) is 0 Å². The molecule has 0 fully saturated rings. The highest BCUT2D eigenvalue weighted by molar-refractivity contribution is 5.53. The third-order valence-corrected chi connectivity index (χ3v) is 1.68. The van der Waals surface area contributed by atoms with Crippen LogP contribution >= 0.6 is 0 Å². The maximum Gasteiger partial charge on any atom is 0.125 e. The standard InChI is InChI=1S/C8H16O2/c1-4-5-8(10-3)7(2)6-9/h6-8H,4-5H2,1-3H3. The molecule has 0 saturated carbocycles. The summed E-state index contributed by atoms with van der Waals surface area (Å²) in [5, 5.41) is 0. The maximum absolute atomic E-state index is 10.3. The van der Waals surface area contributed by atoms with E-state index in [2.05, 4.69) is 6.92 Å². The summed E-state index contributed by atoms with van der Waals surface area (Å²) in [6, 6.07) is 0. The van der Waals surface area contributed by atoms with Crippen molar-refractivity contribution in [3.63, 3.8) is 0 Å². The monoisotopic (exact) mass is 144 g/mol. The lowest BCUT2D eigenvalue weighted by Gasteiger charge is -2.16. The molecule has 0 rings (SSSR count). The van der Waals surface area contributed by atoms with Crippen LogP contribution in [0.25, 0.3) is 0 Å². The lowest BCUT2D eigenvalue weighted by Crippen LogP contribution is -2.20. The summed E-state index contributed by atoms with van der Waals surface area (Å²) in [6.45, 7) is 3.97. The molecule has 0 aromatic rings. The van der Waals surface area contributed by atoms with Gasteiger partial charge in [-0.25, -0.2) is 0 Å². The zero-order chi connectivity index (χ0) is 7.98. The van der Waals surface area contributed by atoms with Crippen molar-refractivity contribution < 1.29 is 9.53 Å². The van der Waals surface area contributed by atoms with Gasteiger partial charge in [-0.2, -0.15) is 0 Å². The summed E-state index contributed by atoms with van der Waals surface area (Å²) in [5.74, 6) is 0.0324. The Balaban J connectivity index is 3.67. The molecule has 0 aromatic heterocycles. The minimum atomic E-state index is 0.0324. The van der Waals surface area contributed by atoms with Crippen molar-refractivity contribution in [1.29, 1.82) is 0 Å². The van der Waals surface area contributed by atoms with Crippen molar-refractivity contribution in [2.45, 2.75) is 32.8 Å². The zero-order valence-corrected chi connectivity index (χ0v) is 6.96. The van der Waals surface area contributed by atoms with Gasteiger partial charge in [0, 0.05) is 13.0 Å². The van der Waals surface area contributed by atoms with Crippen molar-refractivity contribution in [3.05, 3.63) is 0 Å². The predicted molar refractivity (Wildman–Crippen MR) is 40.9 cm³/mol. The summed E-state index contributed by atoms with van der Waals surface area (Å²) in [5.41, 5.74) is 0. The smallest absolute Gasteiger partial charge is 0.125 e. The van der Waals surface area contributed by atoms with Crippen LogP contribution in [-0.2, 0) is 9.53 Å². The van der Waals surface area contributed by atoms with Gasteiger partial charge in [-0.05, 0) is 6.42 Å².